The molecule has 1 N–H and O–H groups in total. The van der Waals surface area contributed by atoms with Crippen LogP contribution in [0.1, 0.15) is 23.4 Å². The Balaban J connectivity index is 1.28. The summed E-state index contributed by atoms with van der Waals surface area (Å²) < 4.78 is 5.42. The molecule has 0 bridgehead atoms. The molecule has 4 aromatic rings. The highest BCUT2D eigenvalue weighted by atomic mass is 16.5. The number of nitrogens with one attached hydrogen (secondary N) is 1. The van der Waals surface area contributed by atoms with Crippen molar-refractivity contribution in [1.82, 2.24) is 15.1 Å². The van der Waals surface area contributed by atoms with Crippen molar-refractivity contribution in [2.45, 2.75) is 19.8 Å². The van der Waals surface area contributed by atoms with Gasteiger partial charge in [0.1, 0.15) is 0 Å². The SMILES string of the molecule is Cc1ccc(N2CC(C(=O)Nc3ccccc3Cc3nc(-c4ccncc4)no3)CC2=O)cc1. The average Bonchev–Trinajstić information content (AvgIpc) is 3.48. The average molecular weight is 454 g/mol. The number of pyridine rings is 1. The number of hydrogen-bond donors (Lipinski definition) is 1. The second-order valence-electron chi connectivity index (χ2n) is 8.31. The summed E-state index contributed by atoms with van der Waals surface area (Å²) in [5.74, 6) is 0.267. The molecule has 2 amide bonds. The summed E-state index contributed by atoms with van der Waals surface area (Å²) in [5, 5.41) is 7.04. The van der Waals surface area contributed by atoms with Gasteiger partial charge in [0, 0.05) is 42.3 Å². The van der Waals surface area contributed by atoms with Crippen LogP contribution in [0.5, 0.6) is 0 Å². The molecule has 0 radical (unpaired) electrons. The van der Waals surface area contributed by atoms with Gasteiger partial charge in [-0.25, -0.2) is 0 Å². The molecule has 8 nitrogen and oxygen atoms in total. The molecule has 2 aromatic heterocycles. The fraction of sp³-hybridized carbons (Fsp3) is 0.192. The van der Waals surface area contributed by atoms with Crippen molar-refractivity contribution < 1.29 is 14.1 Å². The zero-order valence-corrected chi connectivity index (χ0v) is 18.6. The molecule has 1 aliphatic heterocycles. The molecule has 0 spiro atoms. The Bertz CT molecular complexity index is 1320. The van der Waals surface area contributed by atoms with E-state index >= 15 is 0 Å². The molecule has 3 heterocycles. The molecule has 0 aliphatic carbocycles. The summed E-state index contributed by atoms with van der Waals surface area (Å²) >= 11 is 0. The third kappa shape index (κ3) is 4.56. The Morgan fingerprint density at radius 3 is 2.65 bits per heavy atom. The van der Waals surface area contributed by atoms with Gasteiger partial charge in [-0.3, -0.25) is 14.6 Å². The van der Waals surface area contributed by atoms with Gasteiger partial charge in [-0.05, 0) is 42.8 Å². The van der Waals surface area contributed by atoms with Crippen molar-refractivity contribution in [3.8, 4) is 11.4 Å². The van der Waals surface area contributed by atoms with Crippen molar-refractivity contribution in [3.63, 3.8) is 0 Å². The van der Waals surface area contributed by atoms with Gasteiger partial charge in [-0.1, -0.05) is 41.1 Å². The Kier molecular flexibility index (Phi) is 5.86. The van der Waals surface area contributed by atoms with Gasteiger partial charge >= 0.3 is 0 Å². The second kappa shape index (κ2) is 9.27. The number of anilines is 2. The van der Waals surface area contributed by atoms with Crippen LogP contribution in [0.15, 0.2) is 77.6 Å². The van der Waals surface area contributed by atoms with E-state index in [4.69, 9.17) is 4.52 Å². The van der Waals surface area contributed by atoms with E-state index in [0.29, 0.717) is 30.4 Å². The van der Waals surface area contributed by atoms with Crippen molar-refractivity contribution in [1.29, 1.82) is 0 Å². The summed E-state index contributed by atoms with van der Waals surface area (Å²) in [7, 11) is 0. The number of aromatic nitrogens is 3. The minimum absolute atomic E-state index is 0.0493. The van der Waals surface area contributed by atoms with Crippen molar-refractivity contribution in [2.24, 2.45) is 5.92 Å². The van der Waals surface area contributed by atoms with Crippen LogP contribution in [0, 0.1) is 12.8 Å². The molecule has 170 valence electrons. The number of hydrogen-bond acceptors (Lipinski definition) is 6. The fourth-order valence-electron chi connectivity index (χ4n) is 4.00. The maximum atomic E-state index is 13.0. The number of rotatable bonds is 6. The van der Waals surface area contributed by atoms with Crippen LogP contribution < -0.4 is 10.2 Å². The van der Waals surface area contributed by atoms with E-state index in [0.717, 1.165) is 22.4 Å². The number of carbonyl (C=O) groups excluding carboxylic acids is 2. The normalized spacial score (nSPS) is 15.5. The number of benzene rings is 2. The third-order valence-corrected chi connectivity index (χ3v) is 5.86. The Morgan fingerprint density at radius 1 is 1.09 bits per heavy atom. The smallest absolute Gasteiger partial charge is 0.231 e. The van der Waals surface area contributed by atoms with Gasteiger partial charge in [-0.2, -0.15) is 4.98 Å². The third-order valence-electron chi connectivity index (χ3n) is 5.86. The number of amides is 2. The highest BCUT2D eigenvalue weighted by Gasteiger charge is 2.35. The quantitative estimate of drug-likeness (QED) is 0.473. The van der Waals surface area contributed by atoms with Crippen molar-refractivity contribution >= 4 is 23.2 Å². The lowest BCUT2D eigenvalue weighted by Gasteiger charge is -2.17. The number of para-hydroxylation sites is 1. The Hall–Kier alpha value is -4.33. The first kappa shape index (κ1) is 21.5. The number of nitrogens with zero attached hydrogens (tertiary/aromatic N) is 4. The van der Waals surface area contributed by atoms with Crippen LogP contribution >= 0.6 is 0 Å². The van der Waals surface area contributed by atoms with Crippen molar-refractivity contribution in [3.05, 3.63) is 90.1 Å². The van der Waals surface area contributed by atoms with Crippen LogP contribution in [0.3, 0.4) is 0 Å². The van der Waals surface area contributed by atoms with Gasteiger partial charge in [0.05, 0.1) is 12.3 Å². The predicted octanol–water partition coefficient (Wildman–Crippen LogP) is 4.02. The van der Waals surface area contributed by atoms with E-state index in [1.807, 2.05) is 67.6 Å². The summed E-state index contributed by atoms with van der Waals surface area (Å²) in [6.07, 6.45) is 3.89. The number of aryl methyl sites for hydroxylation is 1. The zero-order chi connectivity index (χ0) is 23.5. The standard InChI is InChI=1S/C26H23N5O3/c1-17-6-8-21(9-7-17)31-16-20(15-24(31)32)26(33)28-22-5-3-2-4-19(22)14-23-29-25(30-34-23)18-10-12-27-13-11-18/h2-13,20H,14-16H2,1H3,(H,28,33). The first-order valence-corrected chi connectivity index (χ1v) is 11.1. The molecule has 1 unspecified atom stereocenters. The van der Waals surface area contributed by atoms with Crippen LogP contribution in [-0.2, 0) is 16.0 Å². The zero-order valence-electron chi connectivity index (χ0n) is 18.6. The lowest BCUT2D eigenvalue weighted by atomic mass is 10.1. The molecule has 2 aromatic carbocycles. The first-order valence-electron chi connectivity index (χ1n) is 11.1. The topological polar surface area (TPSA) is 101 Å². The predicted molar refractivity (Wildman–Crippen MR) is 127 cm³/mol. The van der Waals surface area contributed by atoms with E-state index in [2.05, 4.69) is 20.4 Å². The molecule has 1 aliphatic rings. The molecular weight excluding hydrogens is 430 g/mol. The van der Waals surface area contributed by atoms with Crippen LogP contribution in [0.2, 0.25) is 0 Å². The van der Waals surface area contributed by atoms with E-state index in [9.17, 15) is 9.59 Å². The Labute approximate surface area is 196 Å². The largest absolute Gasteiger partial charge is 0.339 e. The molecule has 1 fully saturated rings. The fourth-order valence-corrected chi connectivity index (χ4v) is 4.00. The highest BCUT2D eigenvalue weighted by molar-refractivity contribution is 6.03. The summed E-state index contributed by atoms with van der Waals surface area (Å²) in [5.41, 5.74) is 4.26. The molecule has 0 saturated carbocycles. The molecule has 1 saturated heterocycles. The molecule has 5 rings (SSSR count). The maximum absolute atomic E-state index is 13.0. The van der Waals surface area contributed by atoms with E-state index in [1.165, 1.54) is 0 Å². The minimum atomic E-state index is -0.427. The monoisotopic (exact) mass is 453 g/mol. The van der Waals surface area contributed by atoms with E-state index in [-0.39, 0.29) is 18.2 Å². The molecule has 8 heteroatoms. The highest BCUT2D eigenvalue weighted by Crippen LogP contribution is 2.27. The van der Waals surface area contributed by atoms with E-state index < -0.39 is 5.92 Å². The summed E-state index contributed by atoms with van der Waals surface area (Å²) in [4.78, 5) is 35.7. The van der Waals surface area contributed by atoms with Crippen LogP contribution in [0.25, 0.3) is 11.4 Å². The lowest BCUT2D eigenvalue weighted by molar-refractivity contribution is -0.122. The van der Waals surface area contributed by atoms with Crippen molar-refractivity contribution in [2.75, 3.05) is 16.8 Å². The van der Waals surface area contributed by atoms with Crippen LogP contribution in [0.4, 0.5) is 11.4 Å². The van der Waals surface area contributed by atoms with Gasteiger partial charge in [0.25, 0.3) is 0 Å². The summed E-state index contributed by atoms with van der Waals surface area (Å²) in [6, 6.07) is 18.9. The van der Waals surface area contributed by atoms with Gasteiger partial charge < -0.3 is 14.7 Å². The molecule has 1 atom stereocenters. The molecular formula is C26H23N5O3. The van der Waals surface area contributed by atoms with Gasteiger partial charge in [0.2, 0.25) is 23.5 Å². The minimum Gasteiger partial charge on any atom is -0.339 e. The van der Waals surface area contributed by atoms with Gasteiger partial charge in [-0.15, -0.1) is 0 Å². The first-order chi connectivity index (χ1) is 16.6. The van der Waals surface area contributed by atoms with Gasteiger partial charge in [0.15, 0.2) is 0 Å². The Morgan fingerprint density at radius 2 is 1.85 bits per heavy atom. The molecule has 34 heavy (non-hydrogen) atoms. The number of carbonyl (C=O) groups is 2. The second-order valence-corrected chi connectivity index (χ2v) is 8.31. The maximum Gasteiger partial charge on any atom is 0.231 e. The van der Waals surface area contributed by atoms with E-state index in [1.54, 1.807) is 17.3 Å². The van der Waals surface area contributed by atoms with Crippen LogP contribution in [-0.4, -0.2) is 33.5 Å². The summed E-state index contributed by atoms with van der Waals surface area (Å²) in [6.45, 7) is 2.35. The lowest BCUT2D eigenvalue weighted by Crippen LogP contribution is -2.28.